The van der Waals surface area contributed by atoms with E-state index in [0.29, 0.717) is 27.0 Å². The lowest BCUT2D eigenvalue weighted by Gasteiger charge is -2.37. The van der Waals surface area contributed by atoms with Crippen LogP contribution in [-0.4, -0.2) is 51.9 Å². The Kier molecular flexibility index (Phi) is 8.56. The molecule has 10 nitrogen and oxygen atoms in total. The number of benzene rings is 2. The first-order chi connectivity index (χ1) is 18.6. The number of carboxylic acid groups (broad SMARTS) is 3. The van der Waals surface area contributed by atoms with E-state index in [1.54, 1.807) is 41.3 Å². The van der Waals surface area contributed by atoms with Crippen molar-refractivity contribution in [2.75, 3.05) is 11.5 Å². The monoisotopic (exact) mass is 616 g/mol. The number of hydrogen-bond donors (Lipinski definition) is 4. The number of carboxylic acids is 3. The summed E-state index contributed by atoms with van der Waals surface area (Å²) in [6, 6.07) is 12.9. The third-order valence-electron chi connectivity index (χ3n) is 6.61. The first-order valence-electron chi connectivity index (χ1n) is 12.0. The summed E-state index contributed by atoms with van der Waals surface area (Å²) in [4.78, 5) is 48.6. The third kappa shape index (κ3) is 6.23. The lowest BCUT2D eigenvalue weighted by molar-refractivity contribution is -0.139. The Balaban J connectivity index is 1.64. The number of halogens is 1. The molecular weight excluding hydrogens is 592 g/mol. The second-order valence-electron chi connectivity index (χ2n) is 9.09. The average Bonchev–Trinajstić information content (AvgIpc) is 3.24. The number of urea groups is 1. The number of rotatable bonds is 9. The van der Waals surface area contributed by atoms with Crippen LogP contribution < -0.4 is 15.4 Å². The molecule has 2 amide bonds. The molecule has 0 aliphatic heterocycles. The van der Waals surface area contributed by atoms with Crippen LogP contribution in [0.15, 0.2) is 53.0 Å². The number of thiophene rings is 1. The third-order valence-corrected chi connectivity index (χ3v) is 8.84. The predicted molar refractivity (Wildman–Crippen MR) is 148 cm³/mol. The second-order valence-corrected chi connectivity index (χ2v) is 10.9. The van der Waals surface area contributed by atoms with E-state index in [1.165, 1.54) is 0 Å². The van der Waals surface area contributed by atoms with Gasteiger partial charge in [-0.1, -0.05) is 30.7 Å². The predicted octanol–water partition coefficient (Wildman–Crippen LogP) is 5.65. The van der Waals surface area contributed by atoms with Gasteiger partial charge in [-0.3, -0.25) is 4.90 Å². The summed E-state index contributed by atoms with van der Waals surface area (Å²) in [5, 5.41) is 27.8. The van der Waals surface area contributed by atoms with Crippen LogP contribution in [0.5, 0.6) is 5.75 Å². The number of aliphatic carboxylic acids is 1. The van der Waals surface area contributed by atoms with E-state index >= 15 is 0 Å². The van der Waals surface area contributed by atoms with Gasteiger partial charge in [0.25, 0.3) is 0 Å². The van der Waals surface area contributed by atoms with E-state index in [0.717, 1.165) is 36.2 Å². The molecule has 0 saturated heterocycles. The molecule has 1 aliphatic carbocycles. The van der Waals surface area contributed by atoms with Gasteiger partial charge in [-0.25, -0.2) is 19.2 Å². The number of carbonyl (C=O) groups excluding carboxylic acids is 1. The Morgan fingerprint density at radius 1 is 1.03 bits per heavy atom. The van der Waals surface area contributed by atoms with Crippen molar-refractivity contribution in [3.63, 3.8) is 0 Å². The van der Waals surface area contributed by atoms with Gasteiger partial charge in [0, 0.05) is 11.7 Å². The molecule has 12 heteroatoms. The van der Waals surface area contributed by atoms with Crippen molar-refractivity contribution in [2.24, 2.45) is 5.73 Å². The van der Waals surface area contributed by atoms with Crippen LogP contribution in [0, 0.1) is 0 Å². The molecule has 2 atom stereocenters. The minimum absolute atomic E-state index is 0.0777. The van der Waals surface area contributed by atoms with E-state index in [4.69, 9.17) is 15.6 Å². The van der Waals surface area contributed by atoms with Gasteiger partial charge < -0.3 is 25.8 Å². The van der Waals surface area contributed by atoms with Gasteiger partial charge in [0.05, 0.1) is 14.9 Å². The first kappa shape index (κ1) is 28.1. The minimum Gasteiger partial charge on any atom is -0.479 e. The average molecular weight is 617 g/mol. The number of carbonyl (C=O) groups is 4. The topological polar surface area (TPSA) is 167 Å². The first-order valence-corrected chi connectivity index (χ1v) is 13.6. The van der Waals surface area contributed by atoms with Gasteiger partial charge in [0.2, 0.25) is 0 Å². The van der Waals surface area contributed by atoms with Gasteiger partial charge in [-0.2, -0.15) is 0 Å². The quantitative estimate of drug-likeness (QED) is 0.239. The Morgan fingerprint density at radius 2 is 1.74 bits per heavy atom. The molecule has 39 heavy (non-hydrogen) atoms. The molecular formula is C27H25BrN2O8S. The smallest absolute Gasteiger partial charge is 0.349 e. The van der Waals surface area contributed by atoms with Crippen molar-refractivity contribution in [1.82, 2.24) is 0 Å². The largest absolute Gasteiger partial charge is 0.479 e. The molecule has 1 aliphatic rings. The molecule has 4 rings (SSSR count). The Labute approximate surface area is 235 Å². The summed E-state index contributed by atoms with van der Waals surface area (Å²) in [5.41, 5.74) is 8.20. The highest BCUT2D eigenvalue weighted by Crippen LogP contribution is 2.46. The number of nitrogens with zero attached hydrogens (tertiary/aromatic N) is 1. The molecule has 204 valence electrons. The summed E-state index contributed by atoms with van der Waals surface area (Å²) in [7, 11) is 0. The summed E-state index contributed by atoms with van der Waals surface area (Å²) in [6.45, 7) is -0.702. The highest BCUT2D eigenvalue weighted by atomic mass is 79.9. The normalized spacial score (nSPS) is 16.8. The highest BCUT2D eigenvalue weighted by Gasteiger charge is 2.31. The SMILES string of the molecule is NC(=O)N(c1cccc(-c2sc(C(=O)O)c(OCC(=O)O)c2Br)c1)C1CCCC(c2ccc(C(=O)O)cc2)C1. The van der Waals surface area contributed by atoms with Crippen LogP contribution in [0.4, 0.5) is 10.5 Å². The molecule has 0 bridgehead atoms. The zero-order chi connectivity index (χ0) is 28.3. The van der Waals surface area contributed by atoms with Crippen LogP contribution in [0.1, 0.15) is 57.2 Å². The van der Waals surface area contributed by atoms with Crippen LogP contribution in [0.2, 0.25) is 0 Å². The van der Waals surface area contributed by atoms with Crippen molar-refractivity contribution < 1.29 is 39.2 Å². The summed E-state index contributed by atoms with van der Waals surface area (Å²) < 4.78 is 5.55. The van der Waals surface area contributed by atoms with Gasteiger partial charge in [0.1, 0.15) is 0 Å². The number of amides is 2. The van der Waals surface area contributed by atoms with Crippen LogP contribution in [0.25, 0.3) is 10.4 Å². The fourth-order valence-electron chi connectivity index (χ4n) is 4.90. The number of hydrogen-bond acceptors (Lipinski definition) is 6. The van der Waals surface area contributed by atoms with Gasteiger partial charge in [-0.15, -0.1) is 11.3 Å². The minimum atomic E-state index is -1.26. The molecule has 5 N–H and O–H groups in total. The van der Waals surface area contributed by atoms with Crippen molar-refractivity contribution in [3.8, 4) is 16.2 Å². The van der Waals surface area contributed by atoms with Gasteiger partial charge in [0.15, 0.2) is 17.2 Å². The number of anilines is 1. The molecule has 0 spiro atoms. The van der Waals surface area contributed by atoms with E-state index in [1.807, 2.05) is 12.1 Å². The van der Waals surface area contributed by atoms with Gasteiger partial charge in [-0.05, 0) is 76.5 Å². The van der Waals surface area contributed by atoms with Gasteiger partial charge >= 0.3 is 23.9 Å². The fraction of sp³-hybridized carbons (Fsp3) is 0.259. The van der Waals surface area contributed by atoms with Crippen LogP contribution in [0.3, 0.4) is 0 Å². The fourth-order valence-corrected chi connectivity index (χ4v) is 6.79. The standard InChI is InChI=1S/C27H25BrN2O8S/c28-21-22(38-13-20(31)32)24(26(35)36)39-23(21)17-4-2-6-19(12-17)30(27(29)37)18-5-1-3-16(11-18)14-7-9-15(10-8-14)25(33)34/h2,4,6-10,12,16,18H,1,3,5,11,13H2,(H2,29,37)(H,31,32)(H,33,34)(H,35,36). The molecule has 1 heterocycles. The lowest BCUT2D eigenvalue weighted by Crippen LogP contribution is -2.45. The molecule has 2 unspecified atom stereocenters. The molecule has 1 fully saturated rings. The Bertz CT molecular complexity index is 1420. The van der Waals surface area contributed by atoms with E-state index in [9.17, 15) is 29.4 Å². The maximum Gasteiger partial charge on any atom is 0.349 e. The zero-order valence-corrected chi connectivity index (χ0v) is 22.9. The van der Waals surface area contributed by atoms with Crippen molar-refractivity contribution in [1.29, 1.82) is 0 Å². The second kappa shape index (κ2) is 11.9. The number of aromatic carboxylic acids is 2. The highest BCUT2D eigenvalue weighted by molar-refractivity contribution is 9.10. The zero-order valence-electron chi connectivity index (χ0n) is 20.5. The molecule has 0 radical (unpaired) electrons. The van der Waals surface area contributed by atoms with Crippen LogP contribution in [-0.2, 0) is 4.79 Å². The maximum absolute atomic E-state index is 12.7. The summed E-state index contributed by atoms with van der Waals surface area (Å²) in [5.74, 6) is -3.45. The number of ether oxygens (including phenoxy) is 1. The van der Waals surface area contributed by atoms with Crippen molar-refractivity contribution >= 4 is 56.9 Å². The van der Waals surface area contributed by atoms with E-state index < -0.39 is 30.5 Å². The summed E-state index contributed by atoms with van der Waals surface area (Å²) >= 11 is 4.28. The van der Waals surface area contributed by atoms with Crippen LogP contribution >= 0.6 is 27.3 Å². The number of primary amides is 1. The Morgan fingerprint density at radius 3 is 2.36 bits per heavy atom. The molecule has 1 saturated carbocycles. The lowest BCUT2D eigenvalue weighted by atomic mass is 9.80. The van der Waals surface area contributed by atoms with E-state index in [2.05, 4.69) is 15.9 Å². The molecule has 3 aromatic rings. The molecule has 2 aromatic carbocycles. The number of nitrogens with two attached hydrogens (primary N) is 1. The maximum atomic E-state index is 12.7. The van der Waals surface area contributed by atoms with E-state index in [-0.39, 0.29) is 28.1 Å². The van der Waals surface area contributed by atoms with Crippen molar-refractivity contribution in [2.45, 2.75) is 37.6 Å². The van der Waals surface area contributed by atoms with Crippen molar-refractivity contribution in [3.05, 3.63) is 69.0 Å². The summed E-state index contributed by atoms with van der Waals surface area (Å²) in [6.07, 6.45) is 3.12. The molecule has 1 aromatic heterocycles. The Hall–Kier alpha value is -3.90.